The maximum atomic E-state index is 13.5. The van der Waals surface area contributed by atoms with Gasteiger partial charge in [0.05, 0.1) is 11.7 Å². The van der Waals surface area contributed by atoms with Crippen molar-refractivity contribution >= 4 is 43.9 Å². The zero-order valence-electron chi connectivity index (χ0n) is 20.9. The first kappa shape index (κ1) is 23.9. The van der Waals surface area contributed by atoms with Gasteiger partial charge in [0.15, 0.2) is 0 Å². The number of nitrogens with zero attached hydrogens (tertiary/aromatic N) is 2. The minimum Gasteiger partial charge on any atom is -0.324 e. The monoisotopic (exact) mass is 495 g/mol. The molecule has 0 fully saturated rings. The van der Waals surface area contributed by atoms with Crippen molar-refractivity contribution in [1.82, 2.24) is 9.55 Å². The molecule has 0 saturated heterocycles. The lowest BCUT2D eigenvalue weighted by atomic mass is 9.92. The Kier molecular flexibility index (Phi) is 6.46. The number of benzene rings is 3. The third-order valence-corrected chi connectivity index (χ3v) is 7.46. The molecule has 5 rings (SSSR count). The fourth-order valence-corrected chi connectivity index (χ4v) is 5.59. The lowest BCUT2D eigenvalue weighted by Gasteiger charge is -2.20. The molecule has 0 bridgehead atoms. The summed E-state index contributed by atoms with van der Waals surface area (Å²) < 4.78 is 1.40. The van der Waals surface area contributed by atoms with Crippen LogP contribution in [0.4, 0.5) is 5.69 Å². The van der Waals surface area contributed by atoms with Crippen molar-refractivity contribution in [2.45, 2.75) is 46.1 Å². The van der Waals surface area contributed by atoms with Crippen molar-refractivity contribution < 1.29 is 4.79 Å². The number of thiophene rings is 1. The van der Waals surface area contributed by atoms with Gasteiger partial charge in [0, 0.05) is 16.6 Å². The summed E-state index contributed by atoms with van der Waals surface area (Å²) in [5.74, 6) is 0.279. The molecule has 0 atom stereocenters. The van der Waals surface area contributed by atoms with Crippen molar-refractivity contribution in [2.24, 2.45) is 0 Å². The molecule has 182 valence electrons. The molecule has 0 unspecified atom stereocenters. The summed E-state index contributed by atoms with van der Waals surface area (Å²) in [5.41, 5.74) is 4.63. The smallest absolute Gasteiger partial charge is 0.263 e. The summed E-state index contributed by atoms with van der Waals surface area (Å²) in [6, 6.07) is 20.5. The second-order valence-corrected chi connectivity index (χ2v) is 10.6. The predicted octanol–water partition coefficient (Wildman–Crippen LogP) is 7.16. The van der Waals surface area contributed by atoms with Gasteiger partial charge in [-0.3, -0.25) is 14.2 Å². The third kappa shape index (κ3) is 4.44. The Hall–Kier alpha value is -3.77. The molecule has 0 aliphatic carbocycles. The molecule has 2 heterocycles. The molecule has 6 heteroatoms. The Balaban J connectivity index is 1.49. The van der Waals surface area contributed by atoms with E-state index >= 15 is 0 Å². The average Bonchev–Trinajstić information content (AvgIpc) is 3.30. The molecule has 0 aliphatic heterocycles. The molecule has 0 saturated carbocycles. The van der Waals surface area contributed by atoms with Crippen LogP contribution in [-0.4, -0.2) is 15.5 Å². The summed E-state index contributed by atoms with van der Waals surface area (Å²) in [7, 11) is 0. The first-order chi connectivity index (χ1) is 17.3. The number of hydrogen-bond acceptors (Lipinski definition) is 4. The number of amides is 1. The third-order valence-electron chi connectivity index (χ3n) is 6.57. The topological polar surface area (TPSA) is 64.0 Å². The molecular formula is C30H29N3O2S. The standard InChI is InChI=1S/C30H29N3O2S/c1-18(2)23-10-7-11-24(19(3)4)28(23)32-26(34)15-33-17-31-29-27(30(33)35)25(16-36-29)22-13-12-20-8-5-6-9-21(20)14-22/h5-14,16-19H,15H2,1-4H3,(H,32,34). The van der Waals surface area contributed by atoms with E-state index in [1.165, 1.54) is 22.2 Å². The van der Waals surface area contributed by atoms with Crippen molar-refractivity contribution in [3.63, 3.8) is 0 Å². The maximum absolute atomic E-state index is 13.5. The minimum absolute atomic E-state index is 0.0985. The summed E-state index contributed by atoms with van der Waals surface area (Å²) in [6.45, 7) is 8.36. The number of carbonyl (C=O) groups excluding carboxylic acids is 1. The predicted molar refractivity (Wildman–Crippen MR) is 150 cm³/mol. The van der Waals surface area contributed by atoms with Crippen LogP contribution in [0.2, 0.25) is 0 Å². The van der Waals surface area contributed by atoms with E-state index in [0.29, 0.717) is 10.2 Å². The Bertz CT molecular complexity index is 1620. The number of hydrogen-bond donors (Lipinski definition) is 1. The van der Waals surface area contributed by atoms with Gasteiger partial charge in [-0.15, -0.1) is 11.3 Å². The Morgan fingerprint density at radius 2 is 1.64 bits per heavy atom. The van der Waals surface area contributed by atoms with Gasteiger partial charge >= 0.3 is 0 Å². The van der Waals surface area contributed by atoms with Gasteiger partial charge in [-0.2, -0.15) is 0 Å². The Morgan fingerprint density at radius 3 is 2.33 bits per heavy atom. The molecule has 0 spiro atoms. The van der Waals surface area contributed by atoms with Gasteiger partial charge < -0.3 is 5.32 Å². The molecule has 0 radical (unpaired) electrons. The van der Waals surface area contributed by atoms with Crippen LogP contribution in [0, 0.1) is 0 Å². The number of anilines is 1. The summed E-state index contributed by atoms with van der Waals surface area (Å²) in [4.78, 5) is 31.9. The van der Waals surface area contributed by atoms with Gasteiger partial charge in [-0.1, -0.05) is 82.3 Å². The number of rotatable bonds is 6. The fraction of sp³-hybridized carbons (Fsp3) is 0.233. The number of carbonyl (C=O) groups is 1. The van der Waals surface area contributed by atoms with Crippen molar-refractivity contribution in [3.05, 3.63) is 93.9 Å². The first-order valence-corrected chi connectivity index (χ1v) is 13.1. The second kappa shape index (κ2) is 9.70. The lowest BCUT2D eigenvalue weighted by Crippen LogP contribution is -2.28. The van der Waals surface area contributed by atoms with E-state index in [2.05, 4.69) is 62.3 Å². The molecule has 2 aromatic heterocycles. The molecule has 1 N–H and O–H groups in total. The van der Waals surface area contributed by atoms with E-state index in [9.17, 15) is 9.59 Å². The van der Waals surface area contributed by atoms with Crippen LogP contribution in [0.15, 0.2) is 77.2 Å². The molecule has 5 nitrogen and oxygen atoms in total. The Morgan fingerprint density at radius 1 is 0.944 bits per heavy atom. The summed E-state index contributed by atoms with van der Waals surface area (Å²) >= 11 is 1.44. The highest BCUT2D eigenvalue weighted by Gasteiger charge is 2.18. The number of para-hydroxylation sites is 1. The van der Waals surface area contributed by atoms with Crippen LogP contribution in [0.3, 0.4) is 0 Å². The zero-order chi connectivity index (χ0) is 25.4. The molecule has 5 aromatic rings. The van der Waals surface area contributed by atoms with E-state index in [1.807, 2.05) is 41.8 Å². The van der Waals surface area contributed by atoms with E-state index < -0.39 is 0 Å². The highest BCUT2D eigenvalue weighted by molar-refractivity contribution is 7.17. The normalized spacial score (nSPS) is 11.6. The van der Waals surface area contributed by atoms with Crippen LogP contribution < -0.4 is 10.9 Å². The number of nitrogens with one attached hydrogen (secondary N) is 1. The van der Waals surface area contributed by atoms with Crippen molar-refractivity contribution in [3.8, 4) is 11.1 Å². The quantitative estimate of drug-likeness (QED) is 0.272. The molecule has 3 aromatic carbocycles. The zero-order valence-corrected chi connectivity index (χ0v) is 21.7. The van der Waals surface area contributed by atoms with E-state index in [4.69, 9.17) is 0 Å². The SMILES string of the molecule is CC(C)c1cccc(C(C)C)c1NC(=O)Cn1cnc2scc(-c3ccc4ccccc4c3)c2c1=O. The van der Waals surface area contributed by atoms with E-state index in [0.717, 1.165) is 38.7 Å². The number of aromatic nitrogens is 2. The van der Waals surface area contributed by atoms with Crippen LogP contribution >= 0.6 is 11.3 Å². The highest BCUT2D eigenvalue weighted by Crippen LogP contribution is 2.34. The first-order valence-electron chi connectivity index (χ1n) is 12.2. The summed E-state index contributed by atoms with van der Waals surface area (Å²) in [6.07, 6.45) is 1.47. The molecule has 0 aliphatic rings. The van der Waals surface area contributed by atoms with Crippen LogP contribution in [0.5, 0.6) is 0 Å². The van der Waals surface area contributed by atoms with E-state index in [-0.39, 0.29) is 29.8 Å². The van der Waals surface area contributed by atoms with Crippen LogP contribution in [-0.2, 0) is 11.3 Å². The van der Waals surface area contributed by atoms with Gasteiger partial charge in [-0.25, -0.2) is 4.98 Å². The highest BCUT2D eigenvalue weighted by atomic mass is 32.1. The number of fused-ring (bicyclic) bond motifs is 2. The maximum Gasteiger partial charge on any atom is 0.263 e. The van der Waals surface area contributed by atoms with Crippen LogP contribution in [0.25, 0.3) is 32.1 Å². The van der Waals surface area contributed by atoms with Gasteiger partial charge in [0.25, 0.3) is 5.56 Å². The largest absolute Gasteiger partial charge is 0.324 e. The Labute approximate surface area is 214 Å². The van der Waals surface area contributed by atoms with E-state index in [1.54, 1.807) is 0 Å². The second-order valence-electron chi connectivity index (χ2n) is 9.74. The van der Waals surface area contributed by atoms with Gasteiger partial charge in [-0.05, 0) is 45.4 Å². The molecular weight excluding hydrogens is 466 g/mol. The van der Waals surface area contributed by atoms with Gasteiger partial charge in [0.2, 0.25) is 5.91 Å². The van der Waals surface area contributed by atoms with Crippen molar-refractivity contribution in [2.75, 3.05) is 5.32 Å². The average molecular weight is 496 g/mol. The van der Waals surface area contributed by atoms with Crippen LogP contribution in [0.1, 0.15) is 50.7 Å². The lowest BCUT2D eigenvalue weighted by molar-refractivity contribution is -0.116. The van der Waals surface area contributed by atoms with Gasteiger partial charge in [0.1, 0.15) is 11.4 Å². The fourth-order valence-electron chi connectivity index (χ4n) is 4.68. The van der Waals surface area contributed by atoms with Crippen molar-refractivity contribution in [1.29, 1.82) is 0 Å². The summed E-state index contributed by atoms with van der Waals surface area (Å²) in [5, 5.41) is 7.89. The molecule has 1 amide bonds. The molecule has 36 heavy (non-hydrogen) atoms. The minimum atomic E-state index is -0.240.